The Morgan fingerprint density at radius 1 is 1.12 bits per heavy atom. The van der Waals surface area contributed by atoms with Gasteiger partial charge in [-0.25, -0.2) is 4.98 Å². The number of aliphatic carboxylic acids is 1. The first kappa shape index (κ1) is 17.1. The van der Waals surface area contributed by atoms with Gasteiger partial charge in [-0.05, 0) is 29.8 Å². The van der Waals surface area contributed by atoms with Crippen molar-refractivity contribution in [1.82, 2.24) is 9.97 Å². The van der Waals surface area contributed by atoms with E-state index < -0.39 is 5.97 Å². The number of imidazole rings is 1. The van der Waals surface area contributed by atoms with Crippen LogP contribution >= 0.6 is 34.8 Å². The Labute approximate surface area is 153 Å². The highest BCUT2D eigenvalue weighted by Gasteiger charge is 2.19. The van der Waals surface area contributed by atoms with Crippen molar-refractivity contribution in [1.29, 1.82) is 0 Å². The zero-order chi connectivity index (χ0) is 17.3. The van der Waals surface area contributed by atoms with Crippen LogP contribution in [0, 0.1) is 0 Å². The number of rotatable bonds is 5. The van der Waals surface area contributed by atoms with E-state index >= 15 is 0 Å². The van der Waals surface area contributed by atoms with E-state index in [1.165, 1.54) is 0 Å². The maximum absolute atomic E-state index is 11.2. The van der Waals surface area contributed by atoms with E-state index in [-0.39, 0.29) is 12.3 Å². The number of hydrogen-bond donors (Lipinski definition) is 2. The summed E-state index contributed by atoms with van der Waals surface area (Å²) in [6.07, 6.45) is 0.434. The third kappa shape index (κ3) is 3.83. The molecule has 0 radical (unpaired) electrons. The van der Waals surface area contributed by atoms with Crippen molar-refractivity contribution in [3.05, 3.63) is 62.9 Å². The first-order valence-electron chi connectivity index (χ1n) is 7.23. The summed E-state index contributed by atoms with van der Waals surface area (Å²) in [4.78, 5) is 18.9. The number of hydrogen-bond acceptors (Lipinski definition) is 2. The number of benzene rings is 2. The van der Waals surface area contributed by atoms with Gasteiger partial charge in [0, 0.05) is 22.4 Å². The lowest BCUT2D eigenvalue weighted by Crippen LogP contribution is -2.10. The van der Waals surface area contributed by atoms with Gasteiger partial charge in [0.05, 0.1) is 17.0 Å². The van der Waals surface area contributed by atoms with E-state index in [2.05, 4.69) is 9.97 Å². The first-order valence-corrected chi connectivity index (χ1v) is 8.36. The highest BCUT2D eigenvalue weighted by Crippen LogP contribution is 2.29. The Morgan fingerprint density at radius 3 is 2.50 bits per heavy atom. The molecule has 124 valence electrons. The zero-order valence-electron chi connectivity index (χ0n) is 12.4. The lowest BCUT2D eigenvalue weighted by atomic mass is 9.92. The Balaban J connectivity index is 1.93. The molecule has 0 aliphatic carbocycles. The monoisotopic (exact) mass is 382 g/mol. The Morgan fingerprint density at radius 2 is 1.83 bits per heavy atom. The van der Waals surface area contributed by atoms with Crippen LogP contribution < -0.4 is 0 Å². The summed E-state index contributed by atoms with van der Waals surface area (Å²) in [6.45, 7) is 0. The lowest BCUT2D eigenvalue weighted by molar-refractivity contribution is -0.137. The fourth-order valence-electron chi connectivity index (χ4n) is 2.68. The molecule has 24 heavy (non-hydrogen) atoms. The van der Waals surface area contributed by atoms with E-state index in [4.69, 9.17) is 34.8 Å². The summed E-state index contributed by atoms with van der Waals surface area (Å²) in [5, 5.41) is 10.8. The van der Waals surface area contributed by atoms with Gasteiger partial charge in [-0.2, -0.15) is 0 Å². The molecule has 2 N–H and O–H groups in total. The smallest absolute Gasteiger partial charge is 0.303 e. The molecule has 0 saturated carbocycles. The summed E-state index contributed by atoms with van der Waals surface area (Å²) in [6, 6.07) is 10.5. The molecule has 0 bridgehead atoms. The van der Waals surface area contributed by atoms with Crippen LogP contribution in [-0.2, 0) is 11.2 Å². The second kappa shape index (κ2) is 7.01. The zero-order valence-corrected chi connectivity index (χ0v) is 14.7. The normalized spacial score (nSPS) is 12.5. The number of carboxylic acid groups (broad SMARTS) is 1. The molecular formula is C17H13Cl3N2O2. The van der Waals surface area contributed by atoms with Gasteiger partial charge < -0.3 is 10.1 Å². The molecule has 3 rings (SSSR count). The highest BCUT2D eigenvalue weighted by molar-refractivity contribution is 6.38. The van der Waals surface area contributed by atoms with Crippen molar-refractivity contribution in [2.45, 2.75) is 18.8 Å². The minimum absolute atomic E-state index is 0.00678. The standard InChI is InChI=1S/C17H13Cl3N2O2/c18-11-3-1-9(2-4-11)10(6-16(23)24)5-15-21-14-8-12(19)7-13(20)17(14)22-15/h1-4,7-8,10H,5-6H2,(H,21,22)(H,23,24)/t10-/m0/s1. The van der Waals surface area contributed by atoms with Crippen molar-refractivity contribution in [2.75, 3.05) is 0 Å². The number of nitrogens with zero attached hydrogens (tertiary/aromatic N) is 1. The predicted molar refractivity (Wildman–Crippen MR) is 96.3 cm³/mol. The van der Waals surface area contributed by atoms with E-state index in [1.807, 2.05) is 12.1 Å². The average molecular weight is 384 g/mol. The minimum Gasteiger partial charge on any atom is -0.481 e. The third-order valence-electron chi connectivity index (χ3n) is 3.76. The number of nitrogens with one attached hydrogen (secondary N) is 1. The van der Waals surface area contributed by atoms with Gasteiger partial charge in [0.1, 0.15) is 11.3 Å². The molecule has 1 aromatic heterocycles. The fraction of sp³-hybridized carbons (Fsp3) is 0.176. The summed E-state index contributed by atoms with van der Waals surface area (Å²) < 4.78 is 0. The molecule has 1 heterocycles. The molecular weight excluding hydrogens is 371 g/mol. The number of carboxylic acids is 1. The number of aromatic nitrogens is 2. The number of fused-ring (bicyclic) bond motifs is 1. The van der Waals surface area contributed by atoms with Crippen molar-refractivity contribution in [3.8, 4) is 0 Å². The summed E-state index contributed by atoms with van der Waals surface area (Å²) in [5.74, 6) is -0.433. The van der Waals surface area contributed by atoms with Gasteiger partial charge in [0.25, 0.3) is 0 Å². The van der Waals surface area contributed by atoms with Gasteiger partial charge in [0.2, 0.25) is 0 Å². The number of aromatic amines is 1. The second-order valence-corrected chi connectivity index (χ2v) is 6.80. The van der Waals surface area contributed by atoms with Crippen LogP contribution in [0.4, 0.5) is 0 Å². The van der Waals surface area contributed by atoms with Gasteiger partial charge in [-0.3, -0.25) is 4.79 Å². The molecule has 0 spiro atoms. The van der Waals surface area contributed by atoms with Crippen molar-refractivity contribution >= 4 is 51.8 Å². The molecule has 0 amide bonds. The average Bonchev–Trinajstić information content (AvgIpc) is 2.89. The molecule has 0 aliphatic heterocycles. The highest BCUT2D eigenvalue weighted by atomic mass is 35.5. The van der Waals surface area contributed by atoms with Crippen LogP contribution in [0.1, 0.15) is 23.7 Å². The quantitative estimate of drug-likeness (QED) is 0.626. The third-order valence-corrected chi connectivity index (χ3v) is 4.51. The molecule has 3 aromatic rings. The number of H-pyrrole nitrogens is 1. The van der Waals surface area contributed by atoms with Gasteiger partial charge in [0.15, 0.2) is 0 Å². The molecule has 4 nitrogen and oxygen atoms in total. The van der Waals surface area contributed by atoms with Crippen molar-refractivity contribution < 1.29 is 9.90 Å². The number of carbonyl (C=O) groups is 1. The Bertz CT molecular complexity index is 891. The largest absolute Gasteiger partial charge is 0.481 e. The molecule has 0 unspecified atom stereocenters. The fourth-order valence-corrected chi connectivity index (χ4v) is 3.34. The van der Waals surface area contributed by atoms with Crippen LogP contribution in [0.5, 0.6) is 0 Å². The van der Waals surface area contributed by atoms with Crippen LogP contribution in [0.3, 0.4) is 0 Å². The molecule has 2 aromatic carbocycles. The maximum atomic E-state index is 11.2. The van der Waals surface area contributed by atoms with E-state index in [1.54, 1.807) is 24.3 Å². The van der Waals surface area contributed by atoms with Crippen LogP contribution in [0.25, 0.3) is 11.0 Å². The van der Waals surface area contributed by atoms with Crippen LogP contribution in [0.2, 0.25) is 15.1 Å². The Kier molecular flexibility index (Phi) is 4.99. The summed E-state index contributed by atoms with van der Waals surface area (Å²) >= 11 is 18.1. The predicted octanol–water partition coefficient (Wildman–Crippen LogP) is 5.32. The van der Waals surface area contributed by atoms with Gasteiger partial charge in [-0.1, -0.05) is 46.9 Å². The molecule has 7 heteroatoms. The van der Waals surface area contributed by atoms with E-state index in [0.29, 0.717) is 32.8 Å². The number of halogens is 3. The van der Waals surface area contributed by atoms with E-state index in [9.17, 15) is 9.90 Å². The van der Waals surface area contributed by atoms with Crippen molar-refractivity contribution in [2.24, 2.45) is 0 Å². The minimum atomic E-state index is -0.868. The maximum Gasteiger partial charge on any atom is 0.303 e. The van der Waals surface area contributed by atoms with Crippen LogP contribution in [0.15, 0.2) is 36.4 Å². The molecule has 0 saturated heterocycles. The molecule has 0 fully saturated rings. The first-order chi connectivity index (χ1) is 11.4. The van der Waals surface area contributed by atoms with Crippen molar-refractivity contribution in [3.63, 3.8) is 0 Å². The van der Waals surface area contributed by atoms with E-state index in [0.717, 1.165) is 11.1 Å². The van der Waals surface area contributed by atoms with Gasteiger partial charge >= 0.3 is 5.97 Å². The summed E-state index contributed by atoms with van der Waals surface area (Å²) in [5.41, 5.74) is 2.25. The van der Waals surface area contributed by atoms with Gasteiger partial charge in [-0.15, -0.1) is 0 Å². The van der Waals surface area contributed by atoms with Crippen LogP contribution in [-0.4, -0.2) is 21.0 Å². The lowest BCUT2D eigenvalue weighted by Gasteiger charge is -2.14. The summed E-state index contributed by atoms with van der Waals surface area (Å²) in [7, 11) is 0. The SMILES string of the molecule is O=C(O)C[C@H](Cc1nc2c(Cl)cc(Cl)cc2[nH]1)c1ccc(Cl)cc1. The topological polar surface area (TPSA) is 66.0 Å². The second-order valence-electron chi connectivity index (χ2n) is 5.52. The molecule has 0 aliphatic rings. The Hall–Kier alpha value is -1.75. The molecule has 1 atom stereocenters.